The Labute approximate surface area is 174 Å². The second kappa shape index (κ2) is 8.14. The Kier molecular flexibility index (Phi) is 5.04. The number of benzene rings is 1. The maximum absolute atomic E-state index is 12.5. The summed E-state index contributed by atoms with van der Waals surface area (Å²) < 4.78 is 5.90. The molecule has 154 valence electrons. The van der Waals surface area contributed by atoms with Gasteiger partial charge < -0.3 is 19.5 Å². The van der Waals surface area contributed by atoms with Gasteiger partial charge in [0.2, 0.25) is 5.89 Å². The third-order valence-corrected chi connectivity index (χ3v) is 5.54. The van der Waals surface area contributed by atoms with E-state index in [4.69, 9.17) is 4.42 Å². The van der Waals surface area contributed by atoms with Crippen molar-refractivity contribution in [3.63, 3.8) is 0 Å². The Morgan fingerprint density at radius 3 is 2.60 bits per heavy atom. The van der Waals surface area contributed by atoms with Gasteiger partial charge in [0, 0.05) is 44.8 Å². The van der Waals surface area contributed by atoms with E-state index in [-0.39, 0.29) is 6.03 Å². The van der Waals surface area contributed by atoms with Crippen molar-refractivity contribution >= 4 is 11.8 Å². The highest BCUT2D eigenvalue weighted by Crippen LogP contribution is 2.40. The number of hydrogen-bond donors (Lipinski definition) is 1. The molecule has 2 aromatic heterocycles. The number of hydrogen-bond acceptors (Lipinski definition) is 6. The molecular weight excluding hydrogens is 380 g/mol. The predicted molar refractivity (Wildman–Crippen MR) is 112 cm³/mol. The lowest BCUT2D eigenvalue weighted by Crippen LogP contribution is -2.52. The molecule has 1 aliphatic heterocycles. The summed E-state index contributed by atoms with van der Waals surface area (Å²) in [6, 6.07) is 13.7. The summed E-state index contributed by atoms with van der Waals surface area (Å²) in [4.78, 5) is 21.1. The van der Waals surface area contributed by atoms with E-state index < -0.39 is 0 Å². The van der Waals surface area contributed by atoms with Crippen molar-refractivity contribution in [3.8, 4) is 11.5 Å². The van der Waals surface area contributed by atoms with Crippen LogP contribution in [0.5, 0.6) is 0 Å². The molecule has 3 heterocycles. The van der Waals surface area contributed by atoms with Crippen LogP contribution in [0, 0.1) is 0 Å². The molecule has 0 atom stereocenters. The number of nitrogens with zero attached hydrogens (tertiary/aromatic N) is 5. The number of carbonyl (C=O) groups excluding carboxylic acids is 1. The van der Waals surface area contributed by atoms with E-state index in [0.717, 1.165) is 35.7 Å². The smallest absolute Gasteiger partial charge is 0.317 e. The van der Waals surface area contributed by atoms with Crippen molar-refractivity contribution in [2.45, 2.75) is 25.3 Å². The van der Waals surface area contributed by atoms with E-state index in [2.05, 4.69) is 25.4 Å². The van der Waals surface area contributed by atoms with Crippen LogP contribution >= 0.6 is 0 Å². The molecule has 1 aliphatic carbocycles. The van der Waals surface area contributed by atoms with Crippen molar-refractivity contribution in [1.29, 1.82) is 0 Å². The molecule has 2 aliphatic rings. The molecule has 0 bridgehead atoms. The zero-order valence-corrected chi connectivity index (χ0v) is 16.7. The molecule has 1 aromatic carbocycles. The largest absolute Gasteiger partial charge is 0.420 e. The Balaban J connectivity index is 1.22. The van der Waals surface area contributed by atoms with Crippen molar-refractivity contribution in [2.75, 3.05) is 31.1 Å². The number of rotatable bonds is 5. The number of piperazine rings is 1. The number of anilines is 1. The maximum Gasteiger partial charge on any atom is 0.317 e. The van der Waals surface area contributed by atoms with E-state index in [0.29, 0.717) is 44.5 Å². The average molecular weight is 404 g/mol. The van der Waals surface area contributed by atoms with Crippen LogP contribution in [0.15, 0.2) is 53.1 Å². The topological polar surface area (TPSA) is 87.4 Å². The van der Waals surface area contributed by atoms with Crippen LogP contribution in [-0.4, -0.2) is 52.3 Å². The first-order valence-electron chi connectivity index (χ1n) is 10.4. The number of urea groups is 1. The summed E-state index contributed by atoms with van der Waals surface area (Å²) in [5.41, 5.74) is 1.94. The lowest BCUT2D eigenvalue weighted by molar-refractivity contribution is 0.194. The van der Waals surface area contributed by atoms with Crippen molar-refractivity contribution in [2.24, 2.45) is 0 Å². The standard InChI is InChI=1S/C22H24N6O2/c29-22(24-15-16-5-2-1-3-6-16)28-13-11-27(12-14-28)19-18(7-4-10-23-19)21-26-25-20(30-21)17-8-9-17/h1-7,10,17H,8-9,11-15H2,(H,24,29). The van der Waals surface area contributed by atoms with Gasteiger partial charge in [0.1, 0.15) is 5.82 Å². The van der Waals surface area contributed by atoms with Gasteiger partial charge in [-0.3, -0.25) is 0 Å². The first kappa shape index (κ1) is 18.6. The van der Waals surface area contributed by atoms with Crippen LogP contribution in [0.3, 0.4) is 0 Å². The average Bonchev–Trinajstić information content (AvgIpc) is 3.55. The zero-order chi connectivity index (χ0) is 20.3. The van der Waals surface area contributed by atoms with Crippen molar-refractivity contribution < 1.29 is 9.21 Å². The molecule has 0 spiro atoms. The second-order valence-electron chi connectivity index (χ2n) is 7.71. The van der Waals surface area contributed by atoms with E-state index in [1.54, 1.807) is 6.20 Å². The minimum atomic E-state index is -0.0364. The van der Waals surface area contributed by atoms with Gasteiger partial charge in [-0.15, -0.1) is 10.2 Å². The molecule has 8 heteroatoms. The molecule has 3 aromatic rings. The lowest BCUT2D eigenvalue weighted by Gasteiger charge is -2.35. The Hall–Kier alpha value is -3.42. The third-order valence-electron chi connectivity index (χ3n) is 5.54. The van der Waals surface area contributed by atoms with Crippen LogP contribution < -0.4 is 10.2 Å². The summed E-state index contributed by atoms with van der Waals surface area (Å²) in [6.45, 7) is 3.20. The number of pyridine rings is 1. The fourth-order valence-electron chi connectivity index (χ4n) is 3.66. The van der Waals surface area contributed by atoms with Gasteiger partial charge in [0.15, 0.2) is 0 Å². The van der Waals surface area contributed by atoms with Crippen molar-refractivity contribution in [3.05, 3.63) is 60.1 Å². The van der Waals surface area contributed by atoms with E-state index in [9.17, 15) is 4.79 Å². The lowest BCUT2D eigenvalue weighted by atomic mass is 10.2. The SMILES string of the molecule is O=C(NCc1ccccc1)N1CCN(c2ncccc2-c2nnc(C3CC3)o2)CC1. The van der Waals surface area contributed by atoms with Gasteiger partial charge in [-0.2, -0.15) is 0 Å². The highest BCUT2D eigenvalue weighted by atomic mass is 16.4. The number of amides is 2. The fourth-order valence-corrected chi connectivity index (χ4v) is 3.66. The monoisotopic (exact) mass is 404 g/mol. The fraction of sp³-hybridized carbons (Fsp3) is 0.364. The van der Waals surface area contributed by atoms with Crippen LogP contribution in [0.2, 0.25) is 0 Å². The quantitative estimate of drug-likeness (QED) is 0.703. The van der Waals surface area contributed by atoms with Gasteiger partial charge >= 0.3 is 6.03 Å². The molecule has 8 nitrogen and oxygen atoms in total. The van der Waals surface area contributed by atoms with E-state index in [1.807, 2.05) is 47.4 Å². The van der Waals surface area contributed by atoms with Gasteiger partial charge in [0.25, 0.3) is 5.89 Å². The second-order valence-corrected chi connectivity index (χ2v) is 7.71. The summed E-state index contributed by atoms with van der Waals surface area (Å²) in [5.74, 6) is 2.49. The van der Waals surface area contributed by atoms with Gasteiger partial charge in [0.05, 0.1) is 5.56 Å². The summed E-state index contributed by atoms with van der Waals surface area (Å²) in [7, 11) is 0. The molecule has 2 amide bonds. The molecule has 1 N–H and O–H groups in total. The number of carbonyl (C=O) groups is 1. The number of aromatic nitrogens is 3. The highest BCUT2D eigenvalue weighted by Gasteiger charge is 2.30. The number of nitrogens with one attached hydrogen (secondary N) is 1. The molecule has 0 radical (unpaired) electrons. The summed E-state index contributed by atoms with van der Waals surface area (Å²) in [5, 5.41) is 11.4. The molecule has 1 saturated heterocycles. The molecule has 0 unspecified atom stereocenters. The molecule has 1 saturated carbocycles. The van der Waals surface area contributed by atoms with Crippen molar-refractivity contribution in [1.82, 2.24) is 25.4 Å². The third kappa shape index (κ3) is 3.98. The Bertz CT molecular complexity index is 1010. The van der Waals surface area contributed by atoms with Crippen LogP contribution in [0.4, 0.5) is 10.6 Å². The molecule has 2 fully saturated rings. The normalized spacial score (nSPS) is 16.5. The molecule has 5 rings (SSSR count). The maximum atomic E-state index is 12.5. The van der Waals surface area contributed by atoms with Crippen LogP contribution in [0.1, 0.15) is 30.2 Å². The van der Waals surface area contributed by atoms with Gasteiger partial charge in [-0.1, -0.05) is 30.3 Å². The minimum absolute atomic E-state index is 0.0364. The van der Waals surface area contributed by atoms with Crippen LogP contribution in [-0.2, 0) is 6.54 Å². The first-order valence-corrected chi connectivity index (χ1v) is 10.4. The minimum Gasteiger partial charge on any atom is -0.420 e. The first-order chi connectivity index (χ1) is 14.8. The highest BCUT2D eigenvalue weighted by molar-refractivity contribution is 5.75. The summed E-state index contributed by atoms with van der Waals surface area (Å²) >= 11 is 0. The van der Waals surface area contributed by atoms with Gasteiger partial charge in [-0.25, -0.2) is 9.78 Å². The molecular formula is C22H24N6O2. The van der Waals surface area contributed by atoms with Gasteiger partial charge in [-0.05, 0) is 30.5 Å². The molecule has 30 heavy (non-hydrogen) atoms. The summed E-state index contributed by atoms with van der Waals surface area (Å²) in [6.07, 6.45) is 4.02. The Morgan fingerprint density at radius 2 is 1.83 bits per heavy atom. The van der Waals surface area contributed by atoms with Crippen LogP contribution in [0.25, 0.3) is 11.5 Å². The zero-order valence-electron chi connectivity index (χ0n) is 16.7. The Morgan fingerprint density at radius 1 is 1.03 bits per heavy atom. The van der Waals surface area contributed by atoms with E-state index >= 15 is 0 Å². The van der Waals surface area contributed by atoms with E-state index in [1.165, 1.54) is 0 Å². The predicted octanol–water partition coefficient (Wildman–Crippen LogP) is 3.04.